The van der Waals surface area contributed by atoms with E-state index in [4.69, 9.17) is 4.98 Å². The molecule has 1 fully saturated rings. The number of pyridine rings is 1. The van der Waals surface area contributed by atoms with Crippen molar-refractivity contribution in [2.75, 3.05) is 29.3 Å². The molecule has 0 amide bonds. The molecule has 0 unspecified atom stereocenters. The molecule has 1 aliphatic heterocycles. The van der Waals surface area contributed by atoms with Gasteiger partial charge in [0.1, 0.15) is 17.5 Å². The first kappa shape index (κ1) is 20.7. The molecule has 1 N–H and O–H groups in total. The lowest BCUT2D eigenvalue weighted by Gasteiger charge is -2.31. The maximum Gasteiger partial charge on any atom is 0.139 e. The minimum Gasteiger partial charge on any atom is -0.331 e. The molecule has 2 aromatic rings. The van der Waals surface area contributed by atoms with E-state index >= 15 is 0 Å². The highest BCUT2D eigenvalue weighted by molar-refractivity contribution is 7.98. The second kappa shape index (κ2) is 9.94. The number of hydrogen-bond donors (Lipinski definition) is 1. The van der Waals surface area contributed by atoms with Gasteiger partial charge in [0, 0.05) is 37.5 Å². The molecule has 0 atom stereocenters. The average molecular weight is 401 g/mol. The highest BCUT2D eigenvalue weighted by Gasteiger charge is 2.21. The number of aromatic nitrogens is 1. The van der Waals surface area contributed by atoms with Gasteiger partial charge in [-0.15, -0.1) is 0 Å². The molecule has 3 rings (SSSR count). The molecule has 0 radical (unpaired) electrons. The summed E-state index contributed by atoms with van der Waals surface area (Å²) in [5, 5.41) is 0. The first-order chi connectivity index (χ1) is 13.6. The van der Waals surface area contributed by atoms with Gasteiger partial charge in [-0.1, -0.05) is 24.3 Å². The Labute approximate surface area is 172 Å². The van der Waals surface area contributed by atoms with Crippen molar-refractivity contribution in [2.24, 2.45) is 0 Å². The van der Waals surface area contributed by atoms with Crippen molar-refractivity contribution in [2.45, 2.75) is 39.5 Å². The van der Waals surface area contributed by atoms with Crippen molar-refractivity contribution in [1.82, 2.24) is 9.29 Å². The molecule has 150 valence electrons. The highest BCUT2D eigenvalue weighted by atomic mass is 32.2. The van der Waals surface area contributed by atoms with Crippen molar-refractivity contribution in [1.29, 1.82) is 0 Å². The Morgan fingerprint density at radius 1 is 1.25 bits per heavy atom. The molecule has 28 heavy (non-hydrogen) atoms. The lowest BCUT2D eigenvalue weighted by Crippen LogP contribution is -2.28. The van der Waals surface area contributed by atoms with E-state index in [0.29, 0.717) is 5.92 Å². The van der Waals surface area contributed by atoms with Gasteiger partial charge in [0.2, 0.25) is 0 Å². The summed E-state index contributed by atoms with van der Waals surface area (Å²) < 4.78 is 18.8. The average Bonchev–Trinajstić information content (AvgIpc) is 2.74. The lowest BCUT2D eigenvalue weighted by molar-refractivity contribution is 0.346. The Morgan fingerprint density at radius 3 is 2.61 bits per heavy atom. The van der Waals surface area contributed by atoms with Gasteiger partial charge in [-0.3, -0.25) is 0 Å². The fraction of sp³-hybridized carbons (Fsp3) is 0.409. The van der Waals surface area contributed by atoms with Crippen LogP contribution in [0.1, 0.15) is 45.1 Å². The van der Waals surface area contributed by atoms with Gasteiger partial charge in [0.05, 0.1) is 0 Å². The molecule has 0 bridgehead atoms. The maximum atomic E-state index is 13.1. The smallest absolute Gasteiger partial charge is 0.139 e. The van der Waals surface area contributed by atoms with Gasteiger partial charge in [0.15, 0.2) is 0 Å². The molecule has 1 aromatic carbocycles. The monoisotopic (exact) mass is 400 g/mol. The van der Waals surface area contributed by atoms with Crippen molar-refractivity contribution >= 4 is 23.8 Å². The van der Waals surface area contributed by atoms with Crippen LogP contribution in [0, 0.1) is 5.82 Å². The predicted molar refractivity (Wildman–Crippen MR) is 118 cm³/mol. The van der Waals surface area contributed by atoms with E-state index in [1.165, 1.54) is 11.3 Å². The Kier molecular flexibility index (Phi) is 7.34. The van der Waals surface area contributed by atoms with Crippen molar-refractivity contribution in [3.63, 3.8) is 0 Å². The predicted octanol–water partition coefficient (Wildman–Crippen LogP) is 5.83. The molecule has 0 saturated carbocycles. The molecule has 2 heterocycles. The van der Waals surface area contributed by atoms with E-state index < -0.39 is 0 Å². The molecular formula is C22H29FN4S. The number of rotatable bonds is 7. The number of allylic oxidation sites excluding steroid dienone is 2. The fourth-order valence-electron chi connectivity index (χ4n) is 3.51. The Bertz CT molecular complexity index is 785. The fourth-order valence-corrected chi connectivity index (χ4v) is 4.23. The van der Waals surface area contributed by atoms with Gasteiger partial charge in [0.25, 0.3) is 0 Å². The van der Waals surface area contributed by atoms with Gasteiger partial charge in [-0.2, -0.15) is 0 Å². The van der Waals surface area contributed by atoms with E-state index in [1.54, 1.807) is 24.3 Å². The number of benzene rings is 1. The summed E-state index contributed by atoms with van der Waals surface area (Å²) in [6, 6.07) is 13.0. The van der Waals surface area contributed by atoms with E-state index in [1.807, 2.05) is 37.3 Å². The second-order valence-corrected chi connectivity index (χ2v) is 7.91. The number of anilines is 2. The number of hydrogen-bond acceptors (Lipinski definition) is 5. The molecule has 0 aliphatic carbocycles. The second-order valence-electron chi connectivity index (χ2n) is 7.00. The van der Waals surface area contributed by atoms with E-state index in [2.05, 4.69) is 33.9 Å². The highest BCUT2D eigenvalue weighted by Crippen LogP contribution is 2.31. The van der Waals surface area contributed by atoms with Crippen LogP contribution in [0.15, 0.2) is 54.2 Å². The number of halogens is 1. The molecule has 1 aliphatic rings. The normalized spacial score (nSPS) is 16.2. The zero-order valence-electron chi connectivity index (χ0n) is 16.9. The summed E-state index contributed by atoms with van der Waals surface area (Å²) in [7, 11) is 0. The third kappa shape index (κ3) is 5.26. The first-order valence-electron chi connectivity index (χ1n) is 9.91. The van der Waals surface area contributed by atoms with Gasteiger partial charge in [-0.05, 0) is 69.4 Å². The molecule has 0 spiro atoms. The largest absolute Gasteiger partial charge is 0.331 e. The summed E-state index contributed by atoms with van der Waals surface area (Å²) in [5.74, 6) is 2.17. The molecule has 4 nitrogen and oxygen atoms in total. The van der Waals surface area contributed by atoms with Crippen LogP contribution >= 0.6 is 12.1 Å². The van der Waals surface area contributed by atoms with Gasteiger partial charge in [-0.25, -0.2) is 13.7 Å². The van der Waals surface area contributed by atoms with Crippen LogP contribution in [0.2, 0.25) is 0 Å². The summed E-state index contributed by atoms with van der Waals surface area (Å²) >= 11 is 1.62. The topological polar surface area (TPSA) is 31.4 Å². The maximum absolute atomic E-state index is 13.1. The van der Waals surface area contributed by atoms with Crippen molar-refractivity contribution < 1.29 is 4.39 Å². The molecule has 1 saturated heterocycles. The molecule has 6 heteroatoms. The van der Waals surface area contributed by atoms with Crippen LogP contribution in [-0.4, -0.2) is 28.9 Å². The van der Waals surface area contributed by atoms with E-state index in [9.17, 15) is 4.39 Å². The van der Waals surface area contributed by atoms with Crippen LogP contribution in [0.3, 0.4) is 0 Å². The Hall–Kier alpha value is -2.05. The van der Waals surface area contributed by atoms with Crippen LogP contribution in [0.25, 0.3) is 0 Å². The van der Waals surface area contributed by atoms with Crippen molar-refractivity contribution in [3.05, 3.63) is 65.6 Å². The number of nitrogens with one attached hydrogen (secondary N) is 1. The minimum atomic E-state index is -0.165. The summed E-state index contributed by atoms with van der Waals surface area (Å²) in [4.78, 5) is 6.96. The third-order valence-electron chi connectivity index (χ3n) is 5.25. The van der Waals surface area contributed by atoms with E-state index in [0.717, 1.165) is 44.1 Å². The lowest BCUT2D eigenvalue weighted by atomic mass is 9.90. The third-order valence-corrected chi connectivity index (χ3v) is 6.17. The molecular weight excluding hydrogens is 371 g/mol. The number of piperidine rings is 1. The SMILES string of the molecule is C/C=C(/C)N(CC)c1cccc(NSN2CCC(c3ccc(F)cc3)CC2)n1. The Balaban J connectivity index is 1.53. The van der Waals surface area contributed by atoms with Crippen LogP contribution in [-0.2, 0) is 0 Å². The van der Waals surface area contributed by atoms with Crippen molar-refractivity contribution in [3.8, 4) is 0 Å². The van der Waals surface area contributed by atoms with Gasteiger partial charge >= 0.3 is 0 Å². The van der Waals surface area contributed by atoms with Crippen LogP contribution in [0.5, 0.6) is 0 Å². The zero-order valence-corrected chi connectivity index (χ0v) is 17.7. The first-order valence-corrected chi connectivity index (χ1v) is 10.7. The number of nitrogens with zero attached hydrogens (tertiary/aromatic N) is 3. The van der Waals surface area contributed by atoms with Gasteiger partial charge < -0.3 is 9.62 Å². The minimum absolute atomic E-state index is 0.165. The summed E-state index contributed by atoms with van der Waals surface area (Å²) in [6.45, 7) is 9.17. The quantitative estimate of drug-likeness (QED) is 0.592. The standard InChI is InChI=1S/C22H29FN4S/c1-4-17(3)27(5-2)22-8-6-7-21(24-22)25-28-26-15-13-19(14-16-26)18-9-11-20(23)12-10-18/h4,6-12,19H,5,13-16H2,1-3H3,(H,24,25)/b17-4-. The summed E-state index contributed by atoms with van der Waals surface area (Å²) in [5.41, 5.74) is 2.44. The molecule has 1 aromatic heterocycles. The zero-order chi connectivity index (χ0) is 19.9. The Morgan fingerprint density at radius 2 is 1.96 bits per heavy atom. The van der Waals surface area contributed by atoms with E-state index in [-0.39, 0.29) is 5.82 Å². The van der Waals surface area contributed by atoms with Crippen LogP contribution < -0.4 is 9.62 Å². The van der Waals surface area contributed by atoms with Crippen LogP contribution in [0.4, 0.5) is 16.0 Å². The summed E-state index contributed by atoms with van der Waals surface area (Å²) in [6.07, 6.45) is 4.26.